The van der Waals surface area contributed by atoms with E-state index in [1.165, 1.54) is 0 Å². The molecule has 0 aromatic heterocycles. The Balaban J connectivity index is 1.48. The van der Waals surface area contributed by atoms with E-state index in [1.54, 1.807) is 24.3 Å². The van der Waals surface area contributed by atoms with Crippen molar-refractivity contribution in [1.29, 1.82) is 0 Å². The Morgan fingerprint density at radius 2 is 1.74 bits per heavy atom. The fourth-order valence-electron chi connectivity index (χ4n) is 5.53. The second kappa shape index (κ2) is 9.60. The zero-order chi connectivity index (χ0) is 24.3. The van der Waals surface area contributed by atoms with Crippen LogP contribution in [0.5, 0.6) is 0 Å². The molecule has 6 heteroatoms. The van der Waals surface area contributed by atoms with Gasteiger partial charge in [0.25, 0.3) is 5.91 Å². The first-order chi connectivity index (χ1) is 16.2. The number of amides is 2. The van der Waals surface area contributed by atoms with Gasteiger partial charge in [-0.3, -0.25) is 9.59 Å². The van der Waals surface area contributed by atoms with E-state index >= 15 is 0 Å². The van der Waals surface area contributed by atoms with Gasteiger partial charge < -0.3 is 15.3 Å². The summed E-state index contributed by atoms with van der Waals surface area (Å²) in [5, 5.41) is 14.8. The third kappa shape index (κ3) is 4.58. The Kier molecular flexibility index (Phi) is 6.77. The first-order valence-electron chi connectivity index (χ1n) is 12.1. The zero-order valence-corrected chi connectivity index (χ0v) is 20.0. The molecule has 0 spiro atoms. The average Bonchev–Trinajstić information content (AvgIpc) is 2.86. The van der Waals surface area contributed by atoms with Gasteiger partial charge in [0.15, 0.2) is 5.69 Å². The number of aliphatic hydroxyl groups is 1. The van der Waals surface area contributed by atoms with Crippen LogP contribution in [0.1, 0.15) is 61.9 Å². The third-order valence-corrected chi connectivity index (χ3v) is 7.67. The van der Waals surface area contributed by atoms with Gasteiger partial charge in [-0.15, -0.1) is 0 Å². The van der Waals surface area contributed by atoms with Crippen LogP contribution in [0.4, 0.5) is 5.69 Å². The van der Waals surface area contributed by atoms with Crippen LogP contribution in [0, 0.1) is 17.9 Å². The summed E-state index contributed by atoms with van der Waals surface area (Å²) in [6.45, 7) is 12.0. The van der Waals surface area contributed by atoms with Crippen LogP contribution in [-0.4, -0.2) is 41.0 Å². The standard InChI is InChI=1S/C28H33N3O3/c1-27(2)19-31(18-17-28(27,34)21-13-15-22(29-3)16-14-21)26(33)23-11-7-8-12-24(23)30-25(32)20-9-5-4-6-10-20/h4-6,9-10,13-16,23-24,34H,7-8,11-12,17-19H2,1-2H3,(H,30,32)/t23-,24+,28-/m0/s1. The molecule has 2 fully saturated rings. The minimum absolute atomic E-state index is 0.0662. The van der Waals surface area contributed by atoms with Crippen molar-refractivity contribution in [3.63, 3.8) is 0 Å². The van der Waals surface area contributed by atoms with Gasteiger partial charge >= 0.3 is 0 Å². The lowest BCUT2D eigenvalue weighted by Gasteiger charge is -2.51. The highest BCUT2D eigenvalue weighted by atomic mass is 16.3. The molecule has 1 saturated heterocycles. The van der Waals surface area contributed by atoms with Gasteiger partial charge in [0.05, 0.1) is 18.1 Å². The number of hydrogen-bond donors (Lipinski definition) is 2. The van der Waals surface area contributed by atoms with Crippen molar-refractivity contribution in [3.05, 3.63) is 77.1 Å². The van der Waals surface area contributed by atoms with E-state index in [0.717, 1.165) is 31.2 Å². The molecule has 2 N–H and O–H groups in total. The third-order valence-electron chi connectivity index (χ3n) is 7.67. The molecule has 1 saturated carbocycles. The maximum absolute atomic E-state index is 13.7. The van der Waals surface area contributed by atoms with Crippen molar-refractivity contribution in [2.45, 2.75) is 57.6 Å². The summed E-state index contributed by atoms with van der Waals surface area (Å²) in [4.78, 5) is 31.7. The van der Waals surface area contributed by atoms with Crippen LogP contribution < -0.4 is 5.32 Å². The molecule has 6 nitrogen and oxygen atoms in total. The zero-order valence-electron chi connectivity index (χ0n) is 20.0. The highest BCUT2D eigenvalue weighted by molar-refractivity contribution is 5.94. The van der Waals surface area contributed by atoms with Gasteiger partial charge in [-0.1, -0.05) is 69.2 Å². The molecule has 1 aliphatic carbocycles. The van der Waals surface area contributed by atoms with Crippen LogP contribution in [0.3, 0.4) is 0 Å². The highest BCUT2D eigenvalue weighted by Gasteiger charge is 2.50. The van der Waals surface area contributed by atoms with E-state index in [9.17, 15) is 14.7 Å². The van der Waals surface area contributed by atoms with E-state index in [0.29, 0.717) is 30.8 Å². The van der Waals surface area contributed by atoms with Crippen molar-refractivity contribution in [1.82, 2.24) is 10.2 Å². The number of nitrogens with one attached hydrogen (secondary N) is 1. The Morgan fingerprint density at radius 1 is 1.06 bits per heavy atom. The van der Waals surface area contributed by atoms with Crippen LogP contribution in [0.25, 0.3) is 4.85 Å². The molecular formula is C28H33N3O3. The van der Waals surface area contributed by atoms with Crippen LogP contribution >= 0.6 is 0 Å². The molecule has 0 bridgehead atoms. The van der Waals surface area contributed by atoms with Gasteiger partial charge in [-0.05, 0) is 37.0 Å². The largest absolute Gasteiger partial charge is 0.384 e. The fourth-order valence-corrected chi connectivity index (χ4v) is 5.53. The number of piperidine rings is 1. The Morgan fingerprint density at radius 3 is 2.38 bits per heavy atom. The summed E-state index contributed by atoms with van der Waals surface area (Å²) in [5.74, 6) is -0.320. The molecule has 2 amide bonds. The summed E-state index contributed by atoms with van der Waals surface area (Å²) in [6.07, 6.45) is 3.95. The summed E-state index contributed by atoms with van der Waals surface area (Å²) in [6, 6.07) is 16.1. The van der Waals surface area contributed by atoms with Crippen molar-refractivity contribution in [2.75, 3.05) is 13.1 Å². The molecular weight excluding hydrogens is 426 g/mol. The van der Waals surface area contributed by atoms with Crippen molar-refractivity contribution < 1.29 is 14.7 Å². The predicted octanol–water partition coefficient (Wildman–Crippen LogP) is 4.67. The maximum atomic E-state index is 13.7. The van der Waals surface area contributed by atoms with E-state index < -0.39 is 11.0 Å². The normalized spacial score (nSPS) is 26.4. The van der Waals surface area contributed by atoms with Gasteiger partial charge in [0.2, 0.25) is 5.91 Å². The molecule has 1 aliphatic heterocycles. The highest BCUT2D eigenvalue weighted by Crippen LogP contribution is 2.46. The molecule has 3 atom stereocenters. The summed E-state index contributed by atoms with van der Waals surface area (Å²) in [7, 11) is 0. The molecule has 178 valence electrons. The van der Waals surface area contributed by atoms with Crippen LogP contribution in [0.2, 0.25) is 0 Å². The molecule has 2 aromatic carbocycles. The molecule has 4 rings (SSSR count). The van der Waals surface area contributed by atoms with E-state index in [1.807, 2.05) is 49.1 Å². The number of benzene rings is 2. The second-order valence-electron chi connectivity index (χ2n) is 10.2. The summed E-state index contributed by atoms with van der Waals surface area (Å²) in [5.41, 5.74) is 0.268. The maximum Gasteiger partial charge on any atom is 0.251 e. The molecule has 2 aromatic rings. The Bertz CT molecular complexity index is 1070. The molecule has 1 heterocycles. The number of hydrogen-bond acceptors (Lipinski definition) is 3. The smallest absolute Gasteiger partial charge is 0.251 e. The summed E-state index contributed by atoms with van der Waals surface area (Å²) < 4.78 is 0. The van der Waals surface area contributed by atoms with Crippen molar-refractivity contribution in [3.8, 4) is 0 Å². The quantitative estimate of drug-likeness (QED) is 0.653. The van der Waals surface area contributed by atoms with Gasteiger partial charge in [-0.2, -0.15) is 0 Å². The lowest BCUT2D eigenvalue weighted by Crippen LogP contribution is -2.59. The van der Waals surface area contributed by atoms with Gasteiger partial charge in [-0.25, -0.2) is 4.85 Å². The topological polar surface area (TPSA) is 74.0 Å². The van der Waals surface area contributed by atoms with E-state index in [4.69, 9.17) is 6.57 Å². The lowest BCUT2D eigenvalue weighted by molar-refractivity contribution is -0.158. The van der Waals surface area contributed by atoms with E-state index in [2.05, 4.69) is 10.2 Å². The lowest BCUT2D eigenvalue weighted by atomic mass is 9.66. The predicted molar refractivity (Wildman–Crippen MR) is 131 cm³/mol. The molecule has 0 unspecified atom stereocenters. The van der Waals surface area contributed by atoms with Gasteiger partial charge in [0, 0.05) is 30.1 Å². The Labute approximate surface area is 201 Å². The molecule has 2 aliphatic rings. The monoisotopic (exact) mass is 459 g/mol. The van der Waals surface area contributed by atoms with E-state index in [-0.39, 0.29) is 23.8 Å². The van der Waals surface area contributed by atoms with Crippen molar-refractivity contribution in [2.24, 2.45) is 11.3 Å². The number of rotatable bonds is 4. The first-order valence-corrected chi connectivity index (χ1v) is 12.1. The number of carbonyl (C=O) groups excluding carboxylic acids is 2. The van der Waals surface area contributed by atoms with Crippen LogP contribution in [-0.2, 0) is 10.4 Å². The minimum atomic E-state index is -1.09. The number of nitrogens with zero attached hydrogens (tertiary/aromatic N) is 2. The molecule has 34 heavy (non-hydrogen) atoms. The SMILES string of the molecule is [C-]#[N+]c1ccc([C@@]2(O)CCN(C(=O)[C@H]3CCCC[C@H]3NC(=O)c3ccccc3)CC2(C)C)cc1. The number of carbonyl (C=O) groups is 2. The second-order valence-corrected chi connectivity index (χ2v) is 10.2. The minimum Gasteiger partial charge on any atom is -0.384 e. The molecule has 0 radical (unpaired) electrons. The average molecular weight is 460 g/mol. The van der Waals surface area contributed by atoms with Crippen LogP contribution in [0.15, 0.2) is 54.6 Å². The number of likely N-dealkylation sites (tertiary alicyclic amines) is 1. The van der Waals surface area contributed by atoms with Crippen molar-refractivity contribution >= 4 is 17.5 Å². The first kappa shape index (κ1) is 24.0. The van der Waals surface area contributed by atoms with Gasteiger partial charge in [0.1, 0.15) is 0 Å². The Hall–Kier alpha value is -3.17. The fraction of sp³-hybridized carbons (Fsp3) is 0.464. The summed E-state index contributed by atoms with van der Waals surface area (Å²) >= 11 is 0.